The van der Waals surface area contributed by atoms with E-state index in [1.54, 1.807) is 48.5 Å². The summed E-state index contributed by atoms with van der Waals surface area (Å²) >= 11 is 0. The Balaban J connectivity index is 1.48. The van der Waals surface area contributed by atoms with Crippen LogP contribution in [0.1, 0.15) is 11.1 Å². The number of carbonyl (C=O) groups is 2. The summed E-state index contributed by atoms with van der Waals surface area (Å²) in [6, 6.07) is 23.3. The van der Waals surface area contributed by atoms with Crippen LogP contribution in [-0.4, -0.2) is 31.5 Å². The van der Waals surface area contributed by atoms with Crippen LogP contribution in [0.15, 0.2) is 89.6 Å². The number of para-hydroxylation sites is 3. The van der Waals surface area contributed by atoms with Crippen LogP contribution in [0.4, 0.5) is 5.69 Å². The molecular weight excluding hydrogens is 408 g/mol. The van der Waals surface area contributed by atoms with Crippen molar-refractivity contribution in [1.29, 1.82) is 0 Å². The number of hydrogen-bond acceptors (Lipinski definition) is 6. The molecule has 1 amide bonds. The van der Waals surface area contributed by atoms with Gasteiger partial charge in [0.15, 0.2) is 12.3 Å². The lowest BCUT2D eigenvalue weighted by Crippen LogP contribution is -2.20. The highest BCUT2D eigenvalue weighted by atomic mass is 16.6. The van der Waals surface area contributed by atoms with Gasteiger partial charge in [0.1, 0.15) is 11.5 Å². The Morgan fingerprint density at radius 1 is 0.969 bits per heavy atom. The number of esters is 1. The first-order valence-electron chi connectivity index (χ1n) is 9.87. The summed E-state index contributed by atoms with van der Waals surface area (Å²) in [5, 5.41) is 2.75. The molecule has 1 aliphatic heterocycles. The number of carbonyl (C=O) groups excluding carboxylic acids is 2. The van der Waals surface area contributed by atoms with Gasteiger partial charge in [0.2, 0.25) is 5.90 Å². The molecule has 0 unspecified atom stereocenters. The molecule has 0 saturated heterocycles. The Morgan fingerprint density at radius 2 is 1.66 bits per heavy atom. The second kappa shape index (κ2) is 9.61. The molecule has 7 heteroatoms. The molecule has 0 aliphatic carbocycles. The van der Waals surface area contributed by atoms with Crippen LogP contribution >= 0.6 is 0 Å². The highest BCUT2D eigenvalue weighted by molar-refractivity contribution is 6.12. The summed E-state index contributed by atoms with van der Waals surface area (Å²) < 4.78 is 16.2. The lowest BCUT2D eigenvalue weighted by molar-refractivity contribution is -0.130. The summed E-state index contributed by atoms with van der Waals surface area (Å²) in [5.74, 6) is 0.342. The number of amides is 1. The predicted octanol–water partition coefficient (Wildman–Crippen LogP) is 4.06. The topological polar surface area (TPSA) is 86.2 Å². The first-order valence-corrected chi connectivity index (χ1v) is 9.87. The number of nitrogens with one attached hydrogen (secondary N) is 1. The first kappa shape index (κ1) is 20.9. The van der Waals surface area contributed by atoms with Gasteiger partial charge in [-0.25, -0.2) is 9.79 Å². The number of aliphatic imine (C=N–C) groups is 1. The molecule has 0 spiro atoms. The average Bonchev–Trinajstić information content (AvgIpc) is 3.19. The van der Waals surface area contributed by atoms with Crippen LogP contribution in [0, 0.1) is 0 Å². The average molecular weight is 428 g/mol. The maximum atomic E-state index is 12.4. The van der Waals surface area contributed by atoms with Gasteiger partial charge in [0, 0.05) is 11.1 Å². The molecule has 0 saturated carbocycles. The first-order chi connectivity index (χ1) is 15.6. The van der Waals surface area contributed by atoms with Gasteiger partial charge in [-0.15, -0.1) is 0 Å². The van der Waals surface area contributed by atoms with Crippen molar-refractivity contribution in [2.24, 2.45) is 4.99 Å². The van der Waals surface area contributed by atoms with E-state index in [1.807, 2.05) is 36.4 Å². The SMILES string of the molecule is COc1ccccc1NC(=O)COc1ccccc1/C=C1/N=C(c2ccccc2)OC1=O. The molecular formula is C25H20N2O5. The zero-order valence-electron chi connectivity index (χ0n) is 17.3. The minimum absolute atomic E-state index is 0.151. The van der Waals surface area contributed by atoms with Gasteiger partial charge in [0.25, 0.3) is 5.91 Å². The smallest absolute Gasteiger partial charge is 0.363 e. The summed E-state index contributed by atoms with van der Waals surface area (Å²) in [6.45, 7) is -0.221. The number of anilines is 1. The van der Waals surface area contributed by atoms with Crippen LogP contribution < -0.4 is 14.8 Å². The maximum absolute atomic E-state index is 12.4. The van der Waals surface area contributed by atoms with Gasteiger partial charge in [-0.05, 0) is 36.4 Å². The monoisotopic (exact) mass is 428 g/mol. The van der Waals surface area contributed by atoms with Crippen molar-refractivity contribution in [2.45, 2.75) is 0 Å². The Labute approximate surface area is 185 Å². The minimum atomic E-state index is -0.549. The third-order valence-corrected chi connectivity index (χ3v) is 4.59. The van der Waals surface area contributed by atoms with Gasteiger partial charge < -0.3 is 19.5 Å². The highest BCUT2D eigenvalue weighted by Crippen LogP contribution is 2.26. The van der Waals surface area contributed by atoms with E-state index in [2.05, 4.69) is 10.3 Å². The largest absolute Gasteiger partial charge is 0.495 e. The molecule has 1 N–H and O–H groups in total. The zero-order chi connectivity index (χ0) is 22.3. The summed E-state index contributed by atoms with van der Waals surface area (Å²) in [6.07, 6.45) is 1.58. The second-order valence-electron chi connectivity index (χ2n) is 6.78. The third kappa shape index (κ3) is 4.84. The molecule has 0 radical (unpaired) electrons. The molecule has 7 nitrogen and oxygen atoms in total. The number of benzene rings is 3. The molecule has 4 rings (SSSR count). The normalized spacial score (nSPS) is 14.0. The molecule has 1 aliphatic rings. The summed E-state index contributed by atoms with van der Waals surface area (Å²) in [5.41, 5.74) is 2.01. The van der Waals surface area contributed by atoms with E-state index in [0.29, 0.717) is 28.3 Å². The van der Waals surface area contributed by atoms with Crippen molar-refractivity contribution in [2.75, 3.05) is 19.0 Å². The van der Waals surface area contributed by atoms with Gasteiger partial charge in [-0.1, -0.05) is 48.5 Å². The standard InChI is InChI=1S/C25H20N2O5/c1-30-22-14-8-6-12-19(22)26-23(28)16-31-21-13-7-5-11-18(21)15-20-25(29)32-24(27-20)17-9-3-2-4-10-17/h2-15H,16H2,1H3,(H,26,28)/b20-15+. The molecule has 32 heavy (non-hydrogen) atoms. The van der Waals surface area contributed by atoms with Crippen molar-refractivity contribution < 1.29 is 23.8 Å². The van der Waals surface area contributed by atoms with Crippen LogP contribution in [0.3, 0.4) is 0 Å². The number of nitrogens with zero attached hydrogens (tertiary/aromatic N) is 1. The minimum Gasteiger partial charge on any atom is -0.495 e. The second-order valence-corrected chi connectivity index (χ2v) is 6.78. The molecule has 0 aromatic heterocycles. The molecule has 3 aromatic rings. The van der Waals surface area contributed by atoms with Gasteiger partial charge in [-0.2, -0.15) is 0 Å². The van der Waals surface area contributed by atoms with Crippen LogP contribution in [-0.2, 0) is 14.3 Å². The summed E-state index contributed by atoms with van der Waals surface area (Å²) in [7, 11) is 1.53. The number of methoxy groups -OCH3 is 1. The van der Waals surface area contributed by atoms with E-state index in [9.17, 15) is 9.59 Å². The molecule has 0 fully saturated rings. The van der Waals surface area contributed by atoms with Gasteiger partial charge >= 0.3 is 5.97 Å². The summed E-state index contributed by atoms with van der Waals surface area (Å²) in [4.78, 5) is 28.9. The van der Waals surface area contributed by atoms with E-state index in [0.717, 1.165) is 0 Å². The fourth-order valence-corrected chi connectivity index (χ4v) is 3.07. The lowest BCUT2D eigenvalue weighted by atomic mass is 10.1. The van der Waals surface area contributed by atoms with E-state index >= 15 is 0 Å². The van der Waals surface area contributed by atoms with Crippen molar-refractivity contribution >= 4 is 29.5 Å². The fraction of sp³-hybridized carbons (Fsp3) is 0.0800. The number of hydrogen-bond donors (Lipinski definition) is 1. The van der Waals surface area contributed by atoms with Crippen molar-refractivity contribution in [1.82, 2.24) is 0 Å². The van der Waals surface area contributed by atoms with Crippen molar-refractivity contribution in [3.05, 3.63) is 95.7 Å². The lowest BCUT2D eigenvalue weighted by Gasteiger charge is -2.11. The Bertz CT molecular complexity index is 1200. The highest BCUT2D eigenvalue weighted by Gasteiger charge is 2.24. The Hall–Kier alpha value is -4.39. The Morgan fingerprint density at radius 3 is 2.44 bits per heavy atom. The number of rotatable bonds is 7. The number of ether oxygens (including phenoxy) is 3. The van der Waals surface area contributed by atoms with E-state index in [4.69, 9.17) is 14.2 Å². The van der Waals surface area contributed by atoms with Crippen LogP contribution in [0.5, 0.6) is 11.5 Å². The third-order valence-electron chi connectivity index (χ3n) is 4.59. The van der Waals surface area contributed by atoms with Crippen molar-refractivity contribution in [3.8, 4) is 11.5 Å². The van der Waals surface area contributed by atoms with E-state index in [-0.39, 0.29) is 24.1 Å². The molecule has 160 valence electrons. The van der Waals surface area contributed by atoms with E-state index in [1.165, 1.54) is 7.11 Å². The molecule has 3 aromatic carbocycles. The zero-order valence-corrected chi connectivity index (χ0v) is 17.3. The molecule has 1 heterocycles. The van der Waals surface area contributed by atoms with Crippen LogP contribution in [0.2, 0.25) is 0 Å². The maximum Gasteiger partial charge on any atom is 0.363 e. The van der Waals surface area contributed by atoms with Crippen LogP contribution in [0.25, 0.3) is 6.08 Å². The number of cyclic esters (lactones) is 1. The molecule has 0 bridgehead atoms. The quantitative estimate of drug-likeness (QED) is 0.453. The fourth-order valence-electron chi connectivity index (χ4n) is 3.07. The molecule has 0 atom stereocenters. The van der Waals surface area contributed by atoms with E-state index < -0.39 is 5.97 Å². The van der Waals surface area contributed by atoms with Crippen molar-refractivity contribution in [3.63, 3.8) is 0 Å². The van der Waals surface area contributed by atoms with Gasteiger partial charge in [0.05, 0.1) is 12.8 Å². The Kier molecular flexibility index (Phi) is 6.27. The van der Waals surface area contributed by atoms with Gasteiger partial charge in [-0.3, -0.25) is 4.79 Å². The predicted molar refractivity (Wildman–Crippen MR) is 121 cm³/mol.